The van der Waals surface area contributed by atoms with Gasteiger partial charge in [0, 0.05) is 12.5 Å². The summed E-state index contributed by atoms with van der Waals surface area (Å²) in [5.41, 5.74) is 5.11. The van der Waals surface area contributed by atoms with Gasteiger partial charge in [0.05, 0.1) is 0 Å². The maximum atomic E-state index is 10.7. The number of hydrogen-bond acceptors (Lipinski definition) is 2. The van der Waals surface area contributed by atoms with Crippen molar-refractivity contribution in [3.63, 3.8) is 0 Å². The molecule has 3 nitrogen and oxygen atoms in total. The highest BCUT2D eigenvalue weighted by molar-refractivity contribution is 5.77. The fourth-order valence-corrected chi connectivity index (χ4v) is 1.25. The lowest BCUT2D eigenvalue weighted by atomic mass is 10.00. The van der Waals surface area contributed by atoms with Gasteiger partial charge < -0.3 is 10.8 Å². The number of aliphatic hydroxyl groups is 1. The highest BCUT2D eigenvalue weighted by atomic mass is 16.3. The average molecular weight is 143 g/mol. The van der Waals surface area contributed by atoms with Crippen molar-refractivity contribution in [3.05, 3.63) is 0 Å². The minimum absolute atomic E-state index is 0.0648. The third kappa shape index (κ3) is 1.70. The van der Waals surface area contributed by atoms with E-state index in [0.717, 1.165) is 12.8 Å². The Morgan fingerprint density at radius 3 is 2.60 bits per heavy atom. The lowest BCUT2D eigenvalue weighted by molar-refractivity contribution is -0.122. The Morgan fingerprint density at radius 1 is 1.70 bits per heavy atom. The molecular formula is C7H13NO2. The molecule has 0 heterocycles. The molecule has 0 saturated heterocycles. The molecule has 10 heavy (non-hydrogen) atoms. The van der Waals surface area contributed by atoms with Crippen LogP contribution in [0.15, 0.2) is 0 Å². The van der Waals surface area contributed by atoms with Gasteiger partial charge in [0.25, 0.3) is 0 Å². The van der Waals surface area contributed by atoms with Crippen molar-refractivity contribution in [1.82, 2.24) is 0 Å². The predicted octanol–water partition coefficient (Wildman–Crippen LogP) is -0.120. The van der Waals surface area contributed by atoms with Gasteiger partial charge in [-0.25, -0.2) is 0 Å². The second-order valence-corrected chi connectivity index (χ2v) is 2.86. The zero-order chi connectivity index (χ0) is 7.56. The summed E-state index contributed by atoms with van der Waals surface area (Å²) in [6.07, 6.45) is 2.75. The van der Waals surface area contributed by atoms with Crippen LogP contribution in [0.3, 0.4) is 0 Å². The molecule has 1 amide bonds. The second kappa shape index (κ2) is 3.01. The molecule has 1 fully saturated rings. The Morgan fingerprint density at radius 2 is 2.30 bits per heavy atom. The lowest BCUT2D eigenvalue weighted by Crippen LogP contribution is -2.25. The normalized spacial score (nSPS) is 20.5. The van der Waals surface area contributed by atoms with Crippen molar-refractivity contribution < 1.29 is 9.90 Å². The molecule has 0 aromatic rings. The summed E-state index contributed by atoms with van der Waals surface area (Å²) in [6.45, 7) is 0.0735. The first kappa shape index (κ1) is 7.54. The van der Waals surface area contributed by atoms with E-state index in [2.05, 4.69) is 0 Å². The van der Waals surface area contributed by atoms with Crippen LogP contribution in [0.4, 0.5) is 0 Å². The van der Waals surface area contributed by atoms with Crippen LogP contribution >= 0.6 is 0 Å². The first-order valence-corrected chi connectivity index (χ1v) is 3.66. The van der Waals surface area contributed by atoms with E-state index in [0.29, 0.717) is 12.3 Å². The Labute approximate surface area is 60.2 Å². The van der Waals surface area contributed by atoms with E-state index in [1.54, 1.807) is 0 Å². The zero-order valence-corrected chi connectivity index (χ0v) is 5.92. The largest absolute Gasteiger partial charge is 0.396 e. The van der Waals surface area contributed by atoms with Gasteiger partial charge in [-0.15, -0.1) is 0 Å². The number of primary amides is 1. The third-order valence-electron chi connectivity index (χ3n) is 2.00. The fraction of sp³-hybridized carbons (Fsp3) is 0.857. The Kier molecular flexibility index (Phi) is 2.27. The molecule has 0 bridgehead atoms. The highest BCUT2D eigenvalue weighted by Gasteiger charge is 2.34. The average Bonchev–Trinajstić information content (AvgIpc) is 2.63. The molecular weight excluding hydrogens is 130 g/mol. The van der Waals surface area contributed by atoms with Crippen molar-refractivity contribution >= 4 is 5.91 Å². The first-order chi connectivity index (χ1) is 4.75. The van der Waals surface area contributed by atoms with E-state index in [1.165, 1.54) is 0 Å². The van der Waals surface area contributed by atoms with Crippen molar-refractivity contribution in [3.8, 4) is 0 Å². The first-order valence-electron chi connectivity index (χ1n) is 3.66. The molecule has 0 radical (unpaired) electrons. The zero-order valence-electron chi connectivity index (χ0n) is 5.92. The summed E-state index contributed by atoms with van der Waals surface area (Å²) in [7, 11) is 0. The van der Waals surface area contributed by atoms with E-state index < -0.39 is 0 Å². The minimum Gasteiger partial charge on any atom is -0.396 e. The molecule has 1 rings (SSSR count). The Bertz CT molecular complexity index is 132. The highest BCUT2D eigenvalue weighted by Crippen LogP contribution is 2.38. The maximum absolute atomic E-state index is 10.7. The predicted molar refractivity (Wildman–Crippen MR) is 37.1 cm³/mol. The van der Waals surface area contributed by atoms with Crippen molar-refractivity contribution in [2.24, 2.45) is 17.6 Å². The molecule has 1 atom stereocenters. The van der Waals surface area contributed by atoms with Crippen LogP contribution in [0.1, 0.15) is 19.3 Å². The molecule has 3 N–H and O–H groups in total. The van der Waals surface area contributed by atoms with E-state index in [9.17, 15) is 4.79 Å². The molecule has 0 aliphatic heterocycles. The quantitative estimate of drug-likeness (QED) is 0.576. The Balaban J connectivity index is 2.34. The summed E-state index contributed by atoms with van der Waals surface area (Å²) in [5, 5.41) is 8.55. The number of amides is 1. The molecule has 1 saturated carbocycles. The van der Waals surface area contributed by atoms with Crippen molar-refractivity contribution in [1.29, 1.82) is 0 Å². The number of nitrogens with two attached hydrogens (primary N) is 1. The lowest BCUT2D eigenvalue weighted by Gasteiger charge is -2.08. The summed E-state index contributed by atoms with van der Waals surface area (Å²) in [5.74, 6) is 0.159. The number of carbonyl (C=O) groups excluding carboxylic acids is 1. The van der Waals surface area contributed by atoms with E-state index >= 15 is 0 Å². The molecule has 0 aromatic carbocycles. The van der Waals surface area contributed by atoms with Crippen LogP contribution < -0.4 is 5.73 Å². The SMILES string of the molecule is NC(=O)C(CCO)C1CC1. The topological polar surface area (TPSA) is 63.3 Å². The molecule has 3 heteroatoms. The molecule has 0 spiro atoms. The van der Waals surface area contributed by atoms with Crippen LogP contribution in [0, 0.1) is 11.8 Å². The van der Waals surface area contributed by atoms with E-state index in [1.807, 2.05) is 0 Å². The van der Waals surface area contributed by atoms with Crippen LogP contribution in [-0.2, 0) is 4.79 Å². The molecule has 0 aromatic heterocycles. The van der Waals surface area contributed by atoms with Gasteiger partial charge >= 0.3 is 0 Å². The number of hydrogen-bond donors (Lipinski definition) is 2. The number of carbonyl (C=O) groups is 1. The second-order valence-electron chi connectivity index (χ2n) is 2.86. The summed E-state index contributed by atoms with van der Waals surface area (Å²) in [6, 6.07) is 0. The van der Waals surface area contributed by atoms with E-state index in [-0.39, 0.29) is 18.4 Å². The third-order valence-corrected chi connectivity index (χ3v) is 2.00. The number of rotatable bonds is 4. The molecule has 1 aliphatic rings. The van der Waals surface area contributed by atoms with Crippen LogP contribution in [0.2, 0.25) is 0 Å². The summed E-state index contributed by atoms with van der Waals surface area (Å²) in [4.78, 5) is 10.7. The standard InChI is InChI=1S/C7H13NO2/c8-7(10)6(3-4-9)5-1-2-5/h5-6,9H,1-4H2,(H2,8,10). The van der Waals surface area contributed by atoms with Gasteiger partial charge in [-0.05, 0) is 25.2 Å². The van der Waals surface area contributed by atoms with Gasteiger partial charge in [0.15, 0.2) is 0 Å². The van der Waals surface area contributed by atoms with Crippen molar-refractivity contribution in [2.75, 3.05) is 6.61 Å². The maximum Gasteiger partial charge on any atom is 0.220 e. The smallest absolute Gasteiger partial charge is 0.220 e. The monoisotopic (exact) mass is 143 g/mol. The van der Waals surface area contributed by atoms with Gasteiger partial charge in [-0.1, -0.05) is 0 Å². The van der Waals surface area contributed by atoms with Crippen LogP contribution in [0.25, 0.3) is 0 Å². The van der Waals surface area contributed by atoms with Crippen LogP contribution in [-0.4, -0.2) is 17.6 Å². The molecule has 1 aliphatic carbocycles. The molecule has 58 valence electrons. The fourth-order valence-electron chi connectivity index (χ4n) is 1.25. The molecule has 1 unspecified atom stereocenters. The minimum atomic E-state index is -0.253. The van der Waals surface area contributed by atoms with Gasteiger partial charge in [-0.2, -0.15) is 0 Å². The summed E-state index contributed by atoms with van der Waals surface area (Å²) < 4.78 is 0. The van der Waals surface area contributed by atoms with Gasteiger partial charge in [0.2, 0.25) is 5.91 Å². The van der Waals surface area contributed by atoms with Gasteiger partial charge in [0.1, 0.15) is 0 Å². The Hall–Kier alpha value is -0.570. The van der Waals surface area contributed by atoms with Crippen LogP contribution in [0.5, 0.6) is 0 Å². The van der Waals surface area contributed by atoms with E-state index in [4.69, 9.17) is 10.8 Å². The number of aliphatic hydroxyl groups excluding tert-OH is 1. The summed E-state index contributed by atoms with van der Waals surface area (Å²) >= 11 is 0. The van der Waals surface area contributed by atoms with Crippen molar-refractivity contribution in [2.45, 2.75) is 19.3 Å². The van der Waals surface area contributed by atoms with Gasteiger partial charge in [-0.3, -0.25) is 4.79 Å².